The lowest BCUT2D eigenvalue weighted by molar-refractivity contribution is 0.186. The lowest BCUT2D eigenvalue weighted by atomic mass is 9.71. The molecule has 0 heteroatoms. The lowest BCUT2D eigenvalue weighted by Gasteiger charge is -2.41. The second-order valence-electron chi connectivity index (χ2n) is 6.51. The summed E-state index contributed by atoms with van der Waals surface area (Å²) in [5.74, 6) is 5.83. The van der Waals surface area contributed by atoms with Gasteiger partial charge in [-0.15, -0.1) is 0 Å². The quantitative estimate of drug-likeness (QED) is 0.458. The molecule has 0 aliphatic carbocycles. The minimum Gasteiger partial charge on any atom is -0.317 e. The minimum absolute atomic E-state index is 0.774. The summed E-state index contributed by atoms with van der Waals surface area (Å²) in [6.45, 7) is 19.0. The Morgan fingerprint density at radius 1 is 0.765 bits per heavy atom. The first-order valence-electron chi connectivity index (χ1n) is 7.65. The molecule has 0 heterocycles. The molecular weight excluding hydrogens is 204 g/mol. The van der Waals surface area contributed by atoms with Crippen LogP contribution in [0.1, 0.15) is 74.7 Å². The standard InChI is InChI=1S/C17H35/c1-9-13(5)15(7)11-17(14(6)10-2)16(8)12(3)4/h13-17H,9-11H2,1-8H3/q-1. The maximum atomic E-state index is 2.45. The molecule has 0 spiro atoms. The average molecular weight is 239 g/mol. The highest BCUT2D eigenvalue weighted by Crippen LogP contribution is 2.36. The minimum atomic E-state index is 0.774. The van der Waals surface area contributed by atoms with Crippen LogP contribution in [0.3, 0.4) is 0 Å². The molecule has 5 atom stereocenters. The van der Waals surface area contributed by atoms with Crippen molar-refractivity contribution in [2.24, 2.45) is 29.6 Å². The SMILES string of the molecule is CCC(C)C(C)CC(C(C)CC)C(C)[C-](C)C. The molecule has 5 unspecified atom stereocenters. The summed E-state index contributed by atoms with van der Waals surface area (Å²) in [5, 5.41) is 0. The van der Waals surface area contributed by atoms with Gasteiger partial charge in [0.25, 0.3) is 0 Å². The van der Waals surface area contributed by atoms with Crippen molar-refractivity contribution in [1.82, 2.24) is 0 Å². The van der Waals surface area contributed by atoms with Crippen LogP contribution in [-0.2, 0) is 0 Å². The van der Waals surface area contributed by atoms with Crippen LogP contribution in [0.5, 0.6) is 0 Å². The highest BCUT2D eigenvalue weighted by Gasteiger charge is 2.23. The molecule has 0 aromatic rings. The summed E-state index contributed by atoms with van der Waals surface area (Å²) >= 11 is 0. The van der Waals surface area contributed by atoms with Crippen LogP contribution in [0.15, 0.2) is 0 Å². The van der Waals surface area contributed by atoms with Gasteiger partial charge in [-0.1, -0.05) is 60.3 Å². The molecule has 0 saturated heterocycles. The zero-order chi connectivity index (χ0) is 13.6. The maximum absolute atomic E-state index is 2.45. The van der Waals surface area contributed by atoms with Gasteiger partial charge in [0.2, 0.25) is 0 Å². The topological polar surface area (TPSA) is 0 Å². The molecule has 0 aromatic heterocycles. The Hall–Kier alpha value is 0. The maximum Gasteiger partial charge on any atom is -0.0415 e. The Morgan fingerprint density at radius 3 is 1.59 bits per heavy atom. The van der Waals surface area contributed by atoms with E-state index >= 15 is 0 Å². The smallest absolute Gasteiger partial charge is 0.0415 e. The molecule has 0 amide bonds. The first kappa shape index (κ1) is 17.0. The third-order valence-corrected chi connectivity index (χ3v) is 5.19. The molecular formula is C17H35-. The van der Waals surface area contributed by atoms with E-state index in [0.29, 0.717) is 0 Å². The molecule has 0 N–H and O–H groups in total. The fraction of sp³-hybridized carbons (Fsp3) is 0.941. The Balaban J connectivity index is 4.59. The summed E-state index contributed by atoms with van der Waals surface area (Å²) in [4.78, 5) is 0. The van der Waals surface area contributed by atoms with Gasteiger partial charge in [-0.25, -0.2) is 0 Å². The van der Waals surface area contributed by atoms with Gasteiger partial charge >= 0.3 is 0 Å². The molecule has 17 heavy (non-hydrogen) atoms. The molecule has 0 radical (unpaired) electrons. The van der Waals surface area contributed by atoms with Crippen LogP contribution < -0.4 is 0 Å². The van der Waals surface area contributed by atoms with E-state index < -0.39 is 0 Å². The normalized spacial score (nSPS) is 21.0. The van der Waals surface area contributed by atoms with Crippen molar-refractivity contribution in [3.8, 4) is 0 Å². The first-order valence-corrected chi connectivity index (χ1v) is 7.65. The van der Waals surface area contributed by atoms with E-state index in [1.807, 2.05) is 0 Å². The van der Waals surface area contributed by atoms with E-state index in [2.05, 4.69) is 55.4 Å². The van der Waals surface area contributed by atoms with Gasteiger partial charge in [0, 0.05) is 0 Å². The molecule has 0 aliphatic heterocycles. The van der Waals surface area contributed by atoms with Gasteiger partial charge in [-0.05, 0) is 24.2 Å². The van der Waals surface area contributed by atoms with Crippen molar-refractivity contribution >= 4 is 0 Å². The van der Waals surface area contributed by atoms with Crippen LogP contribution in [0, 0.1) is 35.5 Å². The predicted octanol–water partition coefficient (Wildman–Crippen LogP) is 5.97. The number of hydrogen-bond donors (Lipinski definition) is 0. The molecule has 0 nitrogen and oxygen atoms in total. The van der Waals surface area contributed by atoms with E-state index in [-0.39, 0.29) is 0 Å². The zero-order valence-electron chi connectivity index (χ0n) is 13.5. The molecule has 0 rings (SSSR count). The van der Waals surface area contributed by atoms with Crippen molar-refractivity contribution in [3.63, 3.8) is 0 Å². The Bertz CT molecular complexity index is 182. The largest absolute Gasteiger partial charge is 0.317 e. The summed E-state index contributed by atoms with van der Waals surface area (Å²) in [6, 6.07) is 0. The summed E-state index contributed by atoms with van der Waals surface area (Å²) in [6.07, 6.45) is 4.03. The number of hydrogen-bond acceptors (Lipinski definition) is 0. The first-order chi connectivity index (χ1) is 7.84. The summed E-state index contributed by atoms with van der Waals surface area (Å²) < 4.78 is 0. The third-order valence-electron chi connectivity index (χ3n) is 5.19. The van der Waals surface area contributed by atoms with Crippen LogP contribution >= 0.6 is 0 Å². The van der Waals surface area contributed by atoms with E-state index in [1.165, 1.54) is 19.3 Å². The predicted molar refractivity (Wildman–Crippen MR) is 79.9 cm³/mol. The van der Waals surface area contributed by atoms with Gasteiger partial charge in [0.05, 0.1) is 0 Å². The fourth-order valence-corrected chi connectivity index (χ4v) is 2.72. The Morgan fingerprint density at radius 2 is 1.24 bits per heavy atom. The van der Waals surface area contributed by atoms with Crippen LogP contribution in [0.25, 0.3) is 0 Å². The van der Waals surface area contributed by atoms with Crippen molar-refractivity contribution in [3.05, 3.63) is 5.92 Å². The van der Waals surface area contributed by atoms with Crippen molar-refractivity contribution in [2.75, 3.05) is 0 Å². The molecule has 104 valence electrons. The van der Waals surface area contributed by atoms with Gasteiger partial charge in [0.15, 0.2) is 0 Å². The van der Waals surface area contributed by atoms with E-state index in [4.69, 9.17) is 0 Å². The lowest BCUT2D eigenvalue weighted by Crippen LogP contribution is -2.26. The van der Waals surface area contributed by atoms with E-state index in [1.54, 1.807) is 5.92 Å². The van der Waals surface area contributed by atoms with Crippen molar-refractivity contribution in [1.29, 1.82) is 0 Å². The Labute approximate surface area is 111 Å². The van der Waals surface area contributed by atoms with E-state index in [0.717, 1.165) is 29.6 Å². The molecule has 0 saturated carbocycles. The van der Waals surface area contributed by atoms with Crippen molar-refractivity contribution in [2.45, 2.75) is 74.7 Å². The van der Waals surface area contributed by atoms with Crippen LogP contribution in [-0.4, -0.2) is 0 Å². The second-order valence-corrected chi connectivity index (χ2v) is 6.51. The van der Waals surface area contributed by atoms with Gasteiger partial charge in [0.1, 0.15) is 0 Å². The zero-order valence-corrected chi connectivity index (χ0v) is 13.5. The number of rotatable bonds is 8. The molecule has 0 aromatic carbocycles. The van der Waals surface area contributed by atoms with Gasteiger partial charge < -0.3 is 5.92 Å². The molecule has 0 aliphatic rings. The monoisotopic (exact) mass is 239 g/mol. The van der Waals surface area contributed by atoms with Crippen LogP contribution in [0.2, 0.25) is 0 Å². The summed E-state index contributed by atoms with van der Waals surface area (Å²) in [7, 11) is 0. The summed E-state index contributed by atoms with van der Waals surface area (Å²) in [5.41, 5.74) is 0. The van der Waals surface area contributed by atoms with Gasteiger partial charge in [-0.2, -0.15) is 19.8 Å². The highest BCUT2D eigenvalue weighted by atomic mass is 14.3. The highest BCUT2D eigenvalue weighted by molar-refractivity contribution is 4.90. The second kappa shape index (κ2) is 8.16. The third kappa shape index (κ3) is 5.44. The Kier molecular flexibility index (Phi) is 8.16. The molecule has 0 bridgehead atoms. The fourth-order valence-electron chi connectivity index (χ4n) is 2.72. The van der Waals surface area contributed by atoms with Crippen LogP contribution in [0.4, 0.5) is 0 Å². The van der Waals surface area contributed by atoms with Crippen molar-refractivity contribution < 1.29 is 0 Å². The average Bonchev–Trinajstić information content (AvgIpc) is 2.32. The molecule has 0 fully saturated rings. The van der Waals surface area contributed by atoms with E-state index in [9.17, 15) is 0 Å². The van der Waals surface area contributed by atoms with Gasteiger partial charge in [-0.3, -0.25) is 0 Å².